The molecule has 3 rings (SSSR count). The lowest BCUT2D eigenvalue weighted by Gasteiger charge is -2.07. The number of fused-ring (bicyclic) bond motifs is 1. The second kappa shape index (κ2) is 5.90. The summed E-state index contributed by atoms with van der Waals surface area (Å²) in [4.78, 5) is 8.62. The Morgan fingerprint density at radius 1 is 1.18 bits per heavy atom. The molecule has 0 aliphatic rings. The lowest BCUT2D eigenvalue weighted by molar-refractivity contribution is 0.510. The monoisotopic (exact) mass is 298 g/mol. The Hall–Kier alpha value is -2.81. The Bertz CT molecular complexity index is 850. The minimum Gasteiger partial charge on any atom is -0.323 e. The molecule has 22 heavy (non-hydrogen) atoms. The van der Waals surface area contributed by atoms with Gasteiger partial charge in [0.1, 0.15) is 5.69 Å². The van der Waals surface area contributed by atoms with Crippen LogP contribution in [0, 0.1) is 23.0 Å². The third kappa shape index (κ3) is 2.53. The third-order valence-electron chi connectivity index (χ3n) is 3.35. The highest BCUT2D eigenvalue weighted by atomic mass is 19.2. The Labute approximate surface area is 125 Å². The molecule has 0 saturated carbocycles. The van der Waals surface area contributed by atoms with Crippen molar-refractivity contribution in [1.29, 1.82) is 5.26 Å². The summed E-state index contributed by atoms with van der Waals surface area (Å²) in [5.74, 6) is -1.30. The molecule has 6 heteroatoms. The number of imidazole rings is 1. The van der Waals surface area contributed by atoms with Crippen LogP contribution < -0.4 is 0 Å². The lowest BCUT2D eigenvalue weighted by Crippen LogP contribution is -2.02. The summed E-state index contributed by atoms with van der Waals surface area (Å²) >= 11 is 0. The van der Waals surface area contributed by atoms with Gasteiger partial charge >= 0.3 is 0 Å². The Morgan fingerprint density at radius 2 is 2.00 bits per heavy atom. The number of aromatic nitrogens is 3. The molecule has 0 fully saturated rings. The maximum absolute atomic E-state index is 13.5. The molecule has 3 aromatic rings. The zero-order chi connectivity index (χ0) is 15.5. The molecule has 2 aromatic heterocycles. The van der Waals surface area contributed by atoms with Gasteiger partial charge in [-0.15, -0.1) is 0 Å². The average molecular weight is 298 g/mol. The second-order valence-corrected chi connectivity index (χ2v) is 4.82. The summed E-state index contributed by atoms with van der Waals surface area (Å²) in [6.45, 7) is 0.487. The van der Waals surface area contributed by atoms with Crippen LogP contribution in [-0.2, 0) is 6.54 Å². The number of nitrogens with zero attached hydrogens (tertiary/aromatic N) is 4. The predicted octanol–water partition coefficient (Wildman–Crippen LogP) is 3.68. The van der Waals surface area contributed by atoms with Crippen LogP contribution in [0.1, 0.15) is 12.8 Å². The minimum absolute atomic E-state index is 0.372. The van der Waals surface area contributed by atoms with Crippen LogP contribution in [0.2, 0.25) is 0 Å². The quantitative estimate of drug-likeness (QED) is 0.690. The largest absolute Gasteiger partial charge is 0.323 e. The van der Waals surface area contributed by atoms with E-state index in [0.29, 0.717) is 41.9 Å². The van der Waals surface area contributed by atoms with Gasteiger partial charge in [0, 0.05) is 31.3 Å². The number of hydrogen-bond acceptors (Lipinski definition) is 3. The summed E-state index contributed by atoms with van der Waals surface area (Å²) in [5.41, 5.74) is 1.49. The van der Waals surface area contributed by atoms with Crippen molar-refractivity contribution in [2.75, 3.05) is 0 Å². The van der Waals surface area contributed by atoms with Gasteiger partial charge in [-0.05, 0) is 18.6 Å². The van der Waals surface area contributed by atoms with Gasteiger partial charge < -0.3 is 4.57 Å². The number of halogens is 2. The van der Waals surface area contributed by atoms with E-state index in [-0.39, 0.29) is 0 Å². The molecule has 0 spiro atoms. The molecular weight excluding hydrogens is 286 g/mol. The van der Waals surface area contributed by atoms with E-state index in [1.165, 1.54) is 0 Å². The lowest BCUT2D eigenvalue weighted by atomic mass is 10.2. The Kier molecular flexibility index (Phi) is 3.79. The van der Waals surface area contributed by atoms with Gasteiger partial charge in [-0.25, -0.2) is 13.8 Å². The Morgan fingerprint density at radius 3 is 2.73 bits per heavy atom. The van der Waals surface area contributed by atoms with Crippen LogP contribution in [0.3, 0.4) is 0 Å². The van der Waals surface area contributed by atoms with Crippen molar-refractivity contribution < 1.29 is 8.78 Å². The molecule has 0 saturated heterocycles. The van der Waals surface area contributed by atoms with Gasteiger partial charge in [-0.3, -0.25) is 4.98 Å². The first-order valence-corrected chi connectivity index (χ1v) is 6.84. The number of benzene rings is 1. The van der Waals surface area contributed by atoms with Crippen molar-refractivity contribution >= 4 is 11.0 Å². The van der Waals surface area contributed by atoms with E-state index in [1.807, 2.05) is 6.07 Å². The van der Waals surface area contributed by atoms with Crippen LogP contribution >= 0.6 is 0 Å². The van der Waals surface area contributed by atoms with Gasteiger partial charge in [0.15, 0.2) is 17.5 Å². The molecule has 110 valence electrons. The third-order valence-corrected chi connectivity index (χ3v) is 3.35. The molecule has 4 nitrogen and oxygen atoms in total. The second-order valence-electron chi connectivity index (χ2n) is 4.82. The van der Waals surface area contributed by atoms with E-state index in [2.05, 4.69) is 16.0 Å². The molecule has 0 amide bonds. The van der Waals surface area contributed by atoms with Crippen LogP contribution in [0.15, 0.2) is 36.5 Å². The van der Waals surface area contributed by atoms with Crippen molar-refractivity contribution in [3.63, 3.8) is 0 Å². The first-order valence-electron chi connectivity index (χ1n) is 6.84. The van der Waals surface area contributed by atoms with E-state index >= 15 is 0 Å². The van der Waals surface area contributed by atoms with E-state index in [1.54, 1.807) is 22.9 Å². The molecule has 0 radical (unpaired) electrons. The molecule has 2 heterocycles. The number of aryl methyl sites for hydroxylation is 1. The van der Waals surface area contributed by atoms with Crippen molar-refractivity contribution in [2.24, 2.45) is 0 Å². The van der Waals surface area contributed by atoms with Gasteiger partial charge in [-0.1, -0.05) is 6.07 Å². The molecule has 0 aliphatic heterocycles. The summed E-state index contributed by atoms with van der Waals surface area (Å²) < 4.78 is 28.7. The SMILES string of the molecule is N#CCCCn1c(-c2ccccn2)nc2cc(F)c(F)cc21. The van der Waals surface area contributed by atoms with E-state index in [9.17, 15) is 8.78 Å². The van der Waals surface area contributed by atoms with Crippen molar-refractivity contribution in [3.05, 3.63) is 48.2 Å². The van der Waals surface area contributed by atoms with Crippen LogP contribution in [-0.4, -0.2) is 14.5 Å². The average Bonchev–Trinajstić information content (AvgIpc) is 2.87. The van der Waals surface area contributed by atoms with Gasteiger partial charge in [-0.2, -0.15) is 5.26 Å². The smallest absolute Gasteiger partial charge is 0.161 e. The number of unbranched alkanes of at least 4 members (excludes halogenated alkanes) is 1. The zero-order valence-electron chi connectivity index (χ0n) is 11.6. The molecule has 0 N–H and O–H groups in total. The summed E-state index contributed by atoms with van der Waals surface area (Å²) in [5, 5.41) is 8.68. The minimum atomic E-state index is -0.929. The van der Waals surface area contributed by atoms with Crippen molar-refractivity contribution in [1.82, 2.24) is 14.5 Å². The molecular formula is C16H12F2N4. The fraction of sp³-hybridized carbons (Fsp3) is 0.188. The van der Waals surface area contributed by atoms with Crippen molar-refractivity contribution in [2.45, 2.75) is 19.4 Å². The molecule has 0 aliphatic carbocycles. The van der Waals surface area contributed by atoms with E-state index < -0.39 is 11.6 Å². The summed E-state index contributed by atoms with van der Waals surface area (Å²) in [6.07, 6.45) is 2.61. The molecule has 0 bridgehead atoms. The number of hydrogen-bond donors (Lipinski definition) is 0. The fourth-order valence-electron chi connectivity index (χ4n) is 2.35. The predicted molar refractivity (Wildman–Crippen MR) is 77.7 cm³/mol. The van der Waals surface area contributed by atoms with E-state index in [0.717, 1.165) is 12.1 Å². The maximum Gasteiger partial charge on any atom is 0.161 e. The zero-order valence-corrected chi connectivity index (χ0v) is 11.6. The maximum atomic E-state index is 13.5. The topological polar surface area (TPSA) is 54.5 Å². The molecule has 0 atom stereocenters. The summed E-state index contributed by atoms with van der Waals surface area (Å²) in [7, 11) is 0. The fourth-order valence-corrected chi connectivity index (χ4v) is 2.35. The van der Waals surface area contributed by atoms with Crippen molar-refractivity contribution in [3.8, 4) is 17.6 Å². The van der Waals surface area contributed by atoms with Gasteiger partial charge in [0.25, 0.3) is 0 Å². The molecule has 1 aromatic carbocycles. The van der Waals surface area contributed by atoms with Crippen LogP contribution in [0.25, 0.3) is 22.6 Å². The van der Waals surface area contributed by atoms with Crippen LogP contribution in [0.5, 0.6) is 0 Å². The number of nitriles is 1. The van der Waals surface area contributed by atoms with Gasteiger partial charge in [0.2, 0.25) is 0 Å². The highest BCUT2D eigenvalue weighted by Gasteiger charge is 2.16. The first-order chi connectivity index (χ1) is 10.7. The first kappa shape index (κ1) is 14.1. The standard InChI is InChI=1S/C16H12F2N4/c17-11-9-14-15(10-12(11)18)22(8-4-2-6-19)16(21-14)13-5-1-3-7-20-13/h1,3,5,7,9-10H,2,4,8H2. The Balaban J connectivity index is 2.17. The molecule has 0 unspecified atom stereocenters. The number of rotatable bonds is 4. The normalized spacial score (nSPS) is 10.8. The van der Waals surface area contributed by atoms with Gasteiger partial charge in [0.05, 0.1) is 17.1 Å². The highest BCUT2D eigenvalue weighted by Crippen LogP contribution is 2.25. The van der Waals surface area contributed by atoms with E-state index in [4.69, 9.17) is 5.26 Å². The summed E-state index contributed by atoms with van der Waals surface area (Å²) in [6, 6.07) is 9.68. The number of pyridine rings is 1. The van der Waals surface area contributed by atoms with Crippen LogP contribution in [0.4, 0.5) is 8.78 Å². The highest BCUT2D eigenvalue weighted by molar-refractivity contribution is 5.80.